The zero-order valence-electron chi connectivity index (χ0n) is 17.0. The number of fused-ring (bicyclic) bond motifs is 2. The number of nitro benzene ring substituents is 1. The topological polar surface area (TPSA) is 85.6 Å². The molecule has 1 fully saturated rings. The predicted molar refractivity (Wildman–Crippen MR) is 128 cm³/mol. The van der Waals surface area contributed by atoms with Crippen molar-refractivity contribution in [3.63, 3.8) is 0 Å². The maximum absolute atomic E-state index is 12.1. The first kappa shape index (κ1) is 24.2. The van der Waals surface area contributed by atoms with Gasteiger partial charge < -0.3 is 9.64 Å². The molecule has 9 heteroatoms. The summed E-state index contributed by atoms with van der Waals surface area (Å²) in [7, 11) is 0. The van der Waals surface area contributed by atoms with Crippen LogP contribution in [-0.4, -0.2) is 40.6 Å². The molecule has 0 unspecified atom stereocenters. The second kappa shape index (κ2) is 10.0. The second-order valence-electron chi connectivity index (χ2n) is 7.54. The number of aromatic nitrogens is 1. The number of aryl methyl sites for hydroxylation is 2. The van der Waals surface area contributed by atoms with Crippen molar-refractivity contribution in [2.45, 2.75) is 40.0 Å². The summed E-state index contributed by atoms with van der Waals surface area (Å²) in [6.45, 7) is 3.20. The SMILES string of the molecule is C.CCOC(=O)N1CCC(=C2c3cc([N+](=O)[O-])c(Cl)cc3CCc3cc(Br)cnc32)CC1. The Morgan fingerprint density at radius 3 is 2.56 bits per heavy atom. The molecule has 1 aliphatic carbocycles. The molecule has 32 heavy (non-hydrogen) atoms. The first-order valence-corrected chi connectivity index (χ1v) is 11.3. The van der Waals surface area contributed by atoms with Gasteiger partial charge in [0.25, 0.3) is 5.69 Å². The maximum Gasteiger partial charge on any atom is 0.409 e. The molecule has 2 aliphatic rings. The minimum absolute atomic E-state index is 0. The average Bonchev–Trinajstić information content (AvgIpc) is 2.89. The quantitative estimate of drug-likeness (QED) is 0.346. The lowest BCUT2D eigenvalue weighted by molar-refractivity contribution is -0.384. The number of benzene rings is 1. The van der Waals surface area contributed by atoms with Gasteiger partial charge in [0.15, 0.2) is 0 Å². The number of hydrogen-bond acceptors (Lipinski definition) is 5. The summed E-state index contributed by atoms with van der Waals surface area (Å²) in [6.07, 6.45) is 4.22. The van der Waals surface area contributed by atoms with Gasteiger partial charge >= 0.3 is 6.09 Å². The number of likely N-dealkylation sites (tertiary alicyclic amines) is 1. The number of nitrogens with zero attached hydrogens (tertiary/aromatic N) is 3. The van der Waals surface area contributed by atoms with Crippen molar-refractivity contribution in [1.82, 2.24) is 9.88 Å². The van der Waals surface area contributed by atoms with E-state index < -0.39 is 4.92 Å². The fourth-order valence-electron chi connectivity index (χ4n) is 4.26. The Kier molecular flexibility index (Phi) is 7.56. The Hall–Kier alpha value is -2.45. The summed E-state index contributed by atoms with van der Waals surface area (Å²) in [5.74, 6) is 0. The molecule has 7 nitrogen and oxygen atoms in total. The van der Waals surface area contributed by atoms with Crippen LogP contribution < -0.4 is 0 Å². The third-order valence-electron chi connectivity index (χ3n) is 5.72. The van der Waals surface area contributed by atoms with Crippen LogP contribution in [-0.2, 0) is 17.6 Å². The van der Waals surface area contributed by atoms with Crippen LogP contribution >= 0.6 is 27.5 Å². The molecule has 0 atom stereocenters. The van der Waals surface area contributed by atoms with Gasteiger partial charge in [-0.25, -0.2) is 4.79 Å². The van der Waals surface area contributed by atoms with Crippen LogP contribution in [0.5, 0.6) is 0 Å². The van der Waals surface area contributed by atoms with Crippen LogP contribution in [0.15, 0.2) is 34.4 Å². The number of halogens is 2. The van der Waals surface area contributed by atoms with Gasteiger partial charge in [-0.2, -0.15) is 0 Å². The van der Waals surface area contributed by atoms with Crippen LogP contribution in [0.25, 0.3) is 5.57 Å². The third kappa shape index (κ3) is 4.66. The molecule has 1 aromatic heterocycles. The van der Waals surface area contributed by atoms with Crippen LogP contribution in [0.4, 0.5) is 10.5 Å². The molecule has 0 N–H and O–H groups in total. The molecule has 2 heterocycles. The number of carbonyl (C=O) groups excluding carboxylic acids is 1. The summed E-state index contributed by atoms with van der Waals surface area (Å²) < 4.78 is 6.02. The number of pyridine rings is 1. The standard InChI is InChI=1S/C22H21BrClN3O4.CH4/c1-2-31-22(28)26-7-5-13(6-8-26)20-17-11-19(27(29)30)18(24)10-14(17)3-4-15-9-16(23)12-25-21(15)20;/h9-12H,2-8H2,1H3;1H4. The summed E-state index contributed by atoms with van der Waals surface area (Å²) in [6, 6.07) is 5.35. The van der Waals surface area contributed by atoms with Crippen molar-refractivity contribution in [1.29, 1.82) is 0 Å². The first-order chi connectivity index (χ1) is 14.9. The highest BCUT2D eigenvalue weighted by Gasteiger charge is 2.29. The molecular weight excluding hydrogens is 498 g/mol. The van der Waals surface area contributed by atoms with Crippen LogP contribution in [0.1, 0.15) is 49.6 Å². The summed E-state index contributed by atoms with van der Waals surface area (Å²) in [5, 5.41) is 11.7. The smallest absolute Gasteiger partial charge is 0.409 e. The highest BCUT2D eigenvalue weighted by atomic mass is 79.9. The number of rotatable bonds is 2. The van der Waals surface area contributed by atoms with Crippen molar-refractivity contribution in [3.8, 4) is 0 Å². The minimum Gasteiger partial charge on any atom is -0.450 e. The lowest BCUT2D eigenvalue weighted by Gasteiger charge is -2.29. The molecule has 170 valence electrons. The maximum atomic E-state index is 12.1. The van der Waals surface area contributed by atoms with Gasteiger partial charge in [-0.15, -0.1) is 0 Å². The van der Waals surface area contributed by atoms with Crippen LogP contribution in [0.3, 0.4) is 0 Å². The van der Waals surface area contributed by atoms with E-state index in [0.29, 0.717) is 39.0 Å². The number of hydrogen-bond donors (Lipinski definition) is 0. The average molecular weight is 523 g/mol. The van der Waals surface area contributed by atoms with Gasteiger partial charge in [0.2, 0.25) is 0 Å². The fraction of sp³-hybridized carbons (Fsp3) is 0.391. The Morgan fingerprint density at radius 1 is 1.22 bits per heavy atom. The van der Waals surface area contributed by atoms with Crippen molar-refractivity contribution in [2.24, 2.45) is 0 Å². The number of amides is 1. The van der Waals surface area contributed by atoms with Gasteiger partial charge in [-0.3, -0.25) is 15.1 Å². The molecule has 1 amide bonds. The molecule has 0 saturated carbocycles. The number of ether oxygens (including phenoxy) is 1. The zero-order chi connectivity index (χ0) is 22.1. The van der Waals surface area contributed by atoms with E-state index in [1.54, 1.807) is 30.2 Å². The Morgan fingerprint density at radius 2 is 1.91 bits per heavy atom. The normalized spacial score (nSPS) is 15.3. The molecular formula is C23H25BrClN3O4. The van der Waals surface area contributed by atoms with E-state index in [2.05, 4.69) is 22.0 Å². The highest BCUT2D eigenvalue weighted by molar-refractivity contribution is 9.10. The Bertz CT molecular complexity index is 1090. The number of nitro groups is 1. The lowest BCUT2D eigenvalue weighted by atomic mass is 9.88. The largest absolute Gasteiger partial charge is 0.450 e. The van der Waals surface area contributed by atoms with Crippen molar-refractivity contribution in [3.05, 3.63) is 72.0 Å². The van der Waals surface area contributed by atoms with E-state index in [1.807, 2.05) is 0 Å². The van der Waals surface area contributed by atoms with Crippen molar-refractivity contribution in [2.75, 3.05) is 19.7 Å². The zero-order valence-corrected chi connectivity index (χ0v) is 19.3. The molecule has 0 bridgehead atoms. The van der Waals surface area contributed by atoms with Gasteiger partial charge in [0, 0.05) is 35.4 Å². The van der Waals surface area contributed by atoms with Gasteiger partial charge in [-0.05, 0) is 77.4 Å². The number of carbonyl (C=O) groups is 1. The highest BCUT2D eigenvalue weighted by Crippen LogP contribution is 2.41. The van der Waals surface area contributed by atoms with E-state index in [4.69, 9.17) is 21.3 Å². The van der Waals surface area contributed by atoms with E-state index in [1.165, 1.54) is 0 Å². The van der Waals surface area contributed by atoms with E-state index >= 15 is 0 Å². The summed E-state index contributed by atoms with van der Waals surface area (Å²) in [5.41, 5.74) is 5.67. The minimum atomic E-state index is -0.449. The lowest BCUT2D eigenvalue weighted by Crippen LogP contribution is -2.37. The molecule has 0 spiro atoms. The van der Waals surface area contributed by atoms with Crippen LogP contribution in [0.2, 0.25) is 5.02 Å². The monoisotopic (exact) mass is 521 g/mol. The van der Waals surface area contributed by atoms with E-state index in [-0.39, 0.29) is 24.2 Å². The summed E-state index contributed by atoms with van der Waals surface area (Å²) >= 11 is 9.73. The molecule has 1 aliphatic heterocycles. The Balaban J connectivity index is 0.00000289. The van der Waals surface area contributed by atoms with Gasteiger partial charge in [0.1, 0.15) is 5.02 Å². The third-order valence-corrected chi connectivity index (χ3v) is 6.46. The van der Waals surface area contributed by atoms with Crippen molar-refractivity contribution < 1.29 is 14.5 Å². The van der Waals surface area contributed by atoms with Crippen LogP contribution in [0, 0.1) is 10.1 Å². The molecule has 1 aromatic carbocycles. The Labute approximate surface area is 200 Å². The van der Waals surface area contributed by atoms with Gasteiger partial charge in [0.05, 0.1) is 17.2 Å². The second-order valence-corrected chi connectivity index (χ2v) is 8.87. The van der Waals surface area contributed by atoms with E-state index in [0.717, 1.165) is 44.4 Å². The molecule has 4 rings (SSSR count). The predicted octanol–water partition coefficient (Wildman–Crippen LogP) is 6.19. The van der Waals surface area contributed by atoms with Gasteiger partial charge in [-0.1, -0.05) is 24.6 Å². The molecule has 1 saturated heterocycles. The molecule has 0 radical (unpaired) electrons. The summed E-state index contributed by atoms with van der Waals surface area (Å²) in [4.78, 5) is 29.6. The molecule has 2 aromatic rings. The fourth-order valence-corrected chi connectivity index (χ4v) is 4.89. The van der Waals surface area contributed by atoms with E-state index in [9.17, 15) is 14.9 Å². The number of piperidine rings is 1. The first-order valence-electron chi connectivity index (χ1n) is 10.1. The van der Waals surface area contributed by atoms with Crippen molar-refractivity contribution >= 4 is 44.9 Å².